The molecule has 0 unspecified atom stereocenters. The molecule has 1 aromatic heterocycles. The average molecular weight is 381 g/mol. The van der Waals surface area contributed by atoms with E-state index >= 15 is 0 Å². The Hall–Kier alpha value is -2.86. The van der Waals surface area contributed by atoms with Crippen LogP contribution in [0, 0.1) is 0 Å². The smallest absolute Gasteiger partial charge is 0.310 e. The Morgan fingerprint density at radius 2 is 1.86 bits per heavy atom. The second-order valence-corrected chi connectivity index (χ2v) is 7.31. The molecule has 1 aliphatic heterocycles. The van der Waals surface area contributed by atoms with Crippen molar-refractivity contribution in [2.75, 3.05) is 19.7 Å². The average Bonchev–Trinajstić information content (AvgIpc) is 3.08. The van der Waals surface area contributed by atoms with Gasteiger partial charge in [-0.25, -0.2) is 0 Å². The molecule has 1 saturated heterocycles. The van der Waals surface area contributed by atoms with Gasteiger partial charge in [0.05, 0.1) is 24.9 Å². The SMILES string of the molecule is C[C@@H]1CN(C(=O)COC(=O)Cc2coc3ccc4ccccc4c23)C[C@H](C)O1. The van der Waals surface area contributed by atoms with Crippen LogP contribution in [-0.4, -0.2) is 48.7 Å². The molecule has 1 fully saturated rings. The number of morpholine rings is 1. The van der Waals surface area contributed by atoms with Gasteiger partial charge in [-0.15, -0.1) is 0 Å². The summed E-state index contributed by atoms with van der Waals surface area (Å²) in [7, 11) is 0. The highest BCUT2D eigenvalue weighted by Crippen LogP contribution is 2.30. The fourth-order valence-corrected chi connectivity index (χ4v) is 3.83. The molecule has 0 radical (unpaired) electrons. The van der Waals surface area contributed by atoms with Crippen LogP contribution in [0.15, 0.2) is 47.1 Å². The summed E-state index contributed by atoms with van der Waals surface area (Å²) in [5, 5.41) is 3.03. The maximum absolute atomic E-state index is 12.4. The van der Waals surface area contributed by atoms with Crippen molar-refractivity contribution in [1.29, 1.82) is 0 Å². The van der Waals surface area contributed by atoms with Crippen molar-refractivity contribution in [1.82, 2.24) is 4.90 Å². The zero-order valence-electron chi connectivity index (χ0n) is 16.0. The van der Waals surface area contributed by atoms with Crippen LogP contribution in [0.1, 0.15) is 19.4 Å². The predicted molar refractivity (Wildman–Crippen MR) is 105 cm³/mol. The summed E-state index contributed by atoms with van der Waals surface area (Å²) < 4.78 is 16.5. The summed E-state index contributed by atoms with van der Waals surface area (Å²) in [6.45, 7) is 4.62. The van der Waals surface area contributed by atoms with Crippen LogP contribution in [0.25, 0.3) is 21.7 Å². The van der Waals surface area contributed by atoms with Gasteiger partial charge in [0.25, 0.3) is 5.91 Å². The molecule has 146 valence electrons. The molecule has 0 aliphatic carbocycles. The topological polar surface area (TPSA) is 69.0 Å². The molecule has 6 nitrogen and oxygen atoms in total. The van der Waals surface area contributed by atoms with E-state index in [9.17, 15) is 9.59 Å². The highest BCUT2D eigenvalue weighted by atomic mass is 16.5. The number of nitrogens with zero attached hydrogens (tertiary/aromatic N) is 1. The van der Waals surface area contributed by atoms with Gasteiger partial charge < -0.3 is 18.8 Å². The number of rotatable bonds is 4. The highest BCUT2D eigenvalue weighted by Gasteiger charge is 2.26. The molecule has 2 aromatic carbocycles. The molecule has 3 aromatic rings. The van der Waals surface area contributed by atoms with Crippen LogP contribution in [0.4, 0.5) is 0 Å². The fraction of sp³-hybridized carbons (Fsp3) is 0.364. The minimum absolute atomic E-state index is 0.0195. The number of hydrogen-bond acceptors (Lipinski definition) is 5. The van der Waals surface area contributed by atoms with Crippen LogP contribution >= 0.6 is 0 Å². The molecule has 1 amide bonds. The van der Waals surface area contributed by atoms with Crippen molar-refractivity contribution >= 4 is 33.6 Å². The van der Waals surface area contributed by atoms with Gasteiger partial charge in [0.15, 0.2) is 6.61 Å². The van der Waals surface area contributed by atoms with Crippen LogP contribution < -0.4 is 0 Å². The van der Waals surface area contributed by atoms with E-state index in [0.717, 1.165) is 27.3 Å². The molecule has 0 spiro atoms. The monoisotopic (exact) mass is 381 g/mol. The van der Waals surface area contributed by atoms with Crippen molar-refractivity contribution in [3.05, 3.63) is 48.2 Å². The molecular formula is C22H23NO5. The lowest BCUT2D eigenvalue weighted by Gasteiger charge is -2.35. The predicted octanol–water partition coefficient (Wildman–Crippen LogP) is 3.31. The lowest BCUT2D eigenvalue weighted by Crippen LogP contribution is -2.49. The number of furan rings is 1. The van der Waals surface area contributed by atoms with Crippen LogP contribution in [0.2, 0.25) is 0 Å². The Morgan fingerprint density at radius 3 is 2.64 bits per heavy atom. The van der Waals surface area contributed by atoms with Gasteiger partial charge >= 0.3 is 5.97 Å². The van der Waals surface area contributed by atoms with Crippen molar-refractivity contribution in [3.8, 4) is 0 Å². The van der Waals surface area contributed by atoms with E-state index in [1.807, 2.05) is 50.2 Å². The van der Waals surface area contributed by atoms with Crippen LogP contribution in [0.3, 0.4) is 0 Å². The van der Waals surface area contributed by atoms with Gasteiger partial charge in [-0.05, 0) is 30.7 Å². The summed E-state index contributed by atoms with van der Waals surface area (Å²) in [5.74, 6) is -0.642. The van der Waals surface area contributed by atoms with E-state index in [1.54, 1.807) is 11.2 Å². The summed E-state index contributed by atoms with van der Waals surface area (Å²) in [5.41, 5.74) is 1.49. The normalized spacial score (nSPS) is 19.9. The Balaban J connectivity index is 1.43. The Morgan fingerprint density at radius 1 is 1.11 bits per heavy atom. The van der Waals surface area contributed by atoms with Crippen molar-refractivity contribution in [2.45, 2.75) is 32.5 Å². The van der Waals surface area contributed by atoms with Gasteiger partial charge in [-0.1, -0.05) is 30.3 Å². The second kappa shape index (κ2) is 7.64. The summed E-state index contributed by atoms with van der Waals surface area (Å²) in [6.07, 6.45) is 1.61. The zero-order chi connectivity index (χ0) is 19.7. The Bertz CT molecular complexity index is 1010. The standard InChI is InChI=1S/C22H23NO5/c1-14-10-23(11-15(2)28-14)20(24)13-27-21(25)9-17-12-26-19-8-7-16-5-3-4-6-18(16)22(17)19/h3-8,12,14-15H,9-11,13H2,1-2H3/t14-,15+. The van der Waals surface area contributed by atoms with Crippen LogP contribution in [-0.2, 0) is 25.5 Å². The number of carbonyl (C=O) groups excluding carboxylic acids is 2. The molecule has 4 rings (SSSR count). The van der Waals surface area contributed by atoms with Crippen molar-refractivity contribution < 1.29 is 23.5 Å². The first-order valence-corrected chi connectivity index (χ1v) is 9.48. The van der Waals surface area contributed by atoms with E-state index in [1.165, 1.54) is 0 Å². The lowest BCUT2D eigenvalue weighted by atomic mass is 10.0. The quantitative estimate of drug-likeness (QED) is 0.649. The van der Waals surface area contributed by atoms with E-state index in [4.69, 9.17) is 13.9 Å². The molecule has 28 heavy (non-hydrogen) atoms. The largest absolute Gasteiger partial charge is 0.464 e. The summed E-state index contributed by atoms with van der Waals surface area (Å²) >= 11 is 0. The third-order valence-corrected chi connectivity index (χ3v) is 5.00. The van der Waals surface area contributed by atoms with Gasteiger partial charge in [0.2, 0.25) is 0 Å². The van der Waals surface area contributed by atoms with Gasteiger partial charge in [0, 0.05) is 24.0 Å². The minimum Gasteiger partial charge on any atom is -0.464 e. The number of carbonyl (C=O) groups is 2. The summed E-state index contributed by atoms with van der Waals surface area (Å²) in [6, 6.07) is 11.9. The third-order valence-electron chi connectivity index (χ3n) is 5.00. The number of amides is 1. The zero-order valence-corrected chi connectivity index (χ0v) is 16.0. The van der Waals surface area contributed by atoms with Crippen LogP contribution in [0.5, 0.6) is 0 Å². The minimum atomic E-state index is -0.446. The van der Waals surface area contributed by atoms with Gasteiger partial charge in [-0.2, -0.15) is 0 Å². The van der Waals surface area contributed by atoms with Gasteiger partial charge in [-0.3, -0.25) is 9.59 Å². The summed E-state index contributed by atoms with van der Waals surface area (Å²) in [4.78, 5) is 26.4. The fourth-order valence-electron chi connectivity index (χ4n) is 3.83. The van der Waals surface area contributed by atoms with Crippen molar-refractivity contribution in [2.24, 2.45) is 0 Å². The Kier molecular flexibility index (Phi) is 5.05. The first-order valence-electron chi connectivity index (χ1n) is 9.48. The second-order valence-electron chi connectivity index (χ2n) is 7.31. The maximum Gasteiger partial charge on any atom is 0.310 e. The van der Waals surface area contributed by atoms with Gasteiger partial charge in [0.1, 0.15) is 5.58 Å². The lowest BCUT2D eigenvalue weighted by molar-refractivity contribution is -0.156. The molecule has 2 atom stereocenters. The molecule has 6 heteroatoms. The molecule has 0 bridgehead atoms. The van der Waals surface area contributed by atoms with E-state index in [2.05, 4.69) is 0 Å². The molecule has 0 N–H and O–H groups in total. The number of esters is 1. The molecule has 1 aliphatic rings. The number of hydrogen-bond donors (Lipinski definition) is 0. The van der Waals surface area contributed by atoms with E-state index in [-0.39, 0.29) is 31.1 Å². The molecule has 0 saturated carbocycles. The van der Waals surface area contributed by atoms with E-state index < -0.39 is 5.97 Å². The van der Waals surface area contributed by atoms with Crippen molar-refractivity contribution in [3.63, 3.8) is 0 Å². The van der Waals surface area contributed by atoms with E-state index in [0.29, 0.717) is 13.1 Å². The highest BCUT2D eigenvalue weighted by molar-refractivity contribution is 6.08. The third kappa shape index (κ3) is 3.73. The molecule has 2 heterocycles. The Labute approximate surface area is 163 Å². The first kappa shape index (κ1) is 18.5. The number of fused-ring (bicyclic) bond motifs is 3. The molecular weight excluding hydrogens is 358 g/mol. The number of benzene rings is 2. The number of ether oxygens (including phenoxy) is 2. The maximum atomic E-state index is 12.4. The first-order chi connectivity index (χ1) is 13.5.